The van der Waals surface area contributed by atoms with Crippen LogP contribution in [0.15, 0.2) is 78.9 Å². The number of ether oxygens (including phenoxy) is 2. The smallest absolute Gasteiger partial charge is 0.227 e. The summed E-state index contributed by atoms with van der Waals surface area (Å²) in [6.45, 7) is 2.02. The van der Waals surface area contributed by atoms with Crippen molar-refractivity contribution in [2.75, 3.05) is 25.2 Å². The molecular weight excluding hydrogens is 414 g/mol. The Bertz CT molecular complexity index is 1230. The van der Waals surface area contributed by atoms with Gasteiger partial charge >= 0.3 is 0 Å². The van der Waals surface area contributed by atoms with Crippen molar-refractivity contribution >= 4 is 22.6 Å². The maximum atomic E-state index is 12.8. The van der Waals surface area contributed by atoms with E-state index in [0.29, 0.717) is 19.6 Å². The second-order valence-electron chi connectivity index (χ2n) is 8.23. The molecule has 168 valence electrons. The SMILES string of the molecule is COc1ccc(OCCCn2c(C3CC(=O)N(c4ccccc4)C3)nc3ccccc32)cc1. The maximum Gasteiger partial charge on any atom is 0.227 e. The molecule has 6 heteroatoms. The topological polar surface area (TPSA) is 56.6 Å². The minimum Gasteiger partial charge on any atom is -0.497 e. The van der Waals surface area contributed by atoms with Crippen LogP contribution in [0.3, 0.4) is 0 Å². The minimum atomic E-state index is 0.0626. The van der Waals surface area contributed by atoms with Gasteiger partial charge in [0, 0.05) is 31.1 Å². The van der Waals surface area contributed by atoms with Crippen LogP contribution >= 0.6 is 0 Å². The van der Waals surface area contributed by atoms with Crippen LogP contribution in [-0.2, 0) is 11.3 Å². The first kappa shape index (κ1) is 21.1. The first-order chi connectivity index (χ1) is 16.2. The van der Waals surface area contributed by atoms with E-state index in [1.807, 2.05) is 77.7 Å². The monoisotopic (exact) mass is 441 g/mol. The van der Waals surface area contributed by atoms with Crippen LogP contribution in [0.4, 0.5) is 5.69 Å². The molecule has 0 N–H and O–H groups in total. The van der Waals surface area contributed by atoms with Gasteiger partial charge in [0.1, 0.15) is 17.3 Å². The van der Waals surface area contributed by atoms with Gasteiger partial charge in [0.15, 0.2) is 0 Å². The third kappa shape index (κ3) is 4.42. The van der Waals surface area contributed by atoms with Gasteiger partial charge in [-0.2, -0.15) is 0 Å². The predicted molar refractivity (Wildman–Crippen MR) is 129 cm³/mol. The zero-order valence-electron chi connectivity index (χ0n) is 18.7. The molecule has 4 aromatic rings. The molecule has 1 amide bonds. The molecule has 1 saturated heterocycles. The highest BCUT2D eigenvalue weighted by Crippen LogP contribution is 2.33. The van der Waals surface area contributed by atoms with Crippen molar-refractivity contribution in [3.05, 3.63) is 84.7 Å². The normalized spacial score (nSPS) is 15.8. The number of aryl methyl sites for hydroxylation is 1. The Kier molecular flexibility index (Phi) is 5.98. The molecule has 1 aliphatic heterocycles. The van der Waals surface area contributed by atoms with Crippen LogP contribution in [0.5, 0.6) is 11.5 Å². The van der Waals surface area contributed by atoms with Crippen molar-refractivity contribution in [3.63, 3.8) is 0 Å². The Balaban J connectivity index is 1.32. The first-order valence-electron chi connectivity index (χ1n) is 11.3. The molecule has 1 aromatic heterocycles. The fourth-order valence-electron chi connectivity index (χ4n) is 4.46. The van der Waals surface area contributed by atoms with Gasteiger partial charge in [-0.3, -0.25) is 4.79 Å². The van der Waals surface area contributed by atoms with E-state index < -0.39 is 0 Å². The van der Waals surface area contributed by atoms with E-state index in [2.05, 4.69) is 10.6 Å². The van der Waals surface area contributed by atoms with Gasteiger partial charge in [-0.05, 0) is 55.0 Å². The lowest BCUT2D eigenvalue weighted by molar-refractivity contribution is -0.117. The van der Waals surface area contributed by atoms with Crippen LogP contribution in [0.25, 0.3) is 11.0 Å². The van der Waals surface area contributed by atoms with Gasteiger partial charge in [-0.1, -0.05) is 30.3 Å². The lowest BCUT2D eigenvalue weighted by Gasteiger charge is -2.17. The number of para-hydroxylation sites is 3. The Morgan fingerprint density at radius 3 is 2.45 bits per heavy atom. The highest BCUT2D eigenvalue weighted by molar-refractivity contribution is 5.96. The van der Waals surface area contributed by atoms with E-state index in [1.54, 1.807) is 7.11 Å². The Hall–Kier alpha value is -3.80. The number of hydrogen-bond donors (Lipinski definition) is 0. The number of hydrogen-bond acceptors (Lipinski definition) is 4. The molecule has 0 saturated carbocycles. The molecule has 0 bridgehead atoms. The lowest BCUT2D eigenvalue weighted by Crippen LogP contribution is -2.24. The molecule has 1 fully saturated rings. The molecule has 1 unspecified atom stereocenters. The van der Waals surface area contributed by atoms with E-state index in [-0.39, 0.29) is 11.8 Å². The van der Waals surface area contributed by atoms with Crippen molar-refractivity contribution in [2.45, 2.75) is 25.3 Å². The van der Waals surface area contributed by atoms with Crippen molar-refractivity contribution in [1.82, 2.24) is 9.55 Å². The molecule has 33 heavy (non-hydrogen) atoms. The molecule has 1 aliphatic rings. The molecule has 3 aromatic carbocycles. The van der Waals surface area contributed by atoms with Crippen LogP contribution in [0, 0.1) is 0 Å². The van der Waals surface area contributed by atoms with Crippen LogP contribution < -0.4 is 14.4 Å². The average molecular weight is 442 g/mol. The summed E-state index contributed by atoms with van der Waals surface area (Å²) < 4.78 is 13.4. The van der Waals surface area contributed by atoms with E-state index in [9.17, 15) is 4.79 Å². The van der Waals surface area contributed by atoms with Crippen LogP contribution in [0.2, 0.25) is 0 Å². The summed E-state index contributed by atoms with van der Waals surface area (Å²) >= 11 is 0. The molecule has 0 spiro atoms. The zero-order chi connectivity index (χ0) is 22.6. The Labute approximate surface area is 193 Å². The number of rotatable bonds is 8. The zero-order valence-corrected chi connectivity index (χ0v) is 18.7. The third-order valence-electron chi connectivity index (χ3n) is 6.10. The summed E-state index contributed by atoms with van der Waals surface area (Å²) in [5.74, 6) is 2.83. The summed E-state index contributed by atoms with van der Waals surface area (Å²) in [4.78, 5) is 19.6. The largest absolute Gasteiger partial charge is 0.497 e. The maximum absolute atomic E-state index is 12.8. The summed E-state index contributed by atoms with van der Waals surface area (Å²) in [5, 5.41) is 0. The predicted octanol–water partition coefficient (Wildman–Crippen LogP) is 5.03. The molecular formula is C27H27N3O3. The Morgan fingerprint density at radius 2 is 1.67 bits per heavy atom. The van der Waals surface area contributed by atoms with Crippen LogP contribution in [0.1, 0.15) is 24.6 Å². The second-order valence-corrected chi connectivity index (χ2v) is 8.23. The highest BCUT2D eigenvalue weighted by atomic mass is 16.5. The second kappa shape index (κ2) is 9.36. The number of imidazole rings is 1. The quantitative estimate of drug-likeness (QED) is 0.360. The highest BCUT2D eigenvalue weighted by Gasteiger charge is 2.34. The summed E-state index contributed by atoms with van der Waals surface area (Å²) in [6.07, 6.45) is 1.31. The third-order valence-corrected chi connectivity index (χ3v) is 6.10. The summed E-state index contributed by atoms with van der Waals surface area (Å²) in [6, 6.07) is 25.7. The number of anilines is 1. The molecule has 2 heterocycles. The molecule has 5 rings (SSSR count). The number of aromatic nitrogens is 2. The van der Waals surface area contributed by atoms with Gasteiger partial charge in [-0.25, -0.2) is 4.98 Å². The van der Waals surface area contributed by atoms with E-state index in [0.717, 1.165) is 47.0 Å². The fraction of sp³-hybridized carbons (Fsp3) is 0.259. The molecule has 0 aliphatic carbocycles. The van der Waals surface area contributed by atoms with Crippen molar-refractivity contribution in [1.29, 1.82) is 0 Å². The number of benzene rings is 3. The number of nitrogens with zero attached hydrogens (tertiary/aromatic N) is 3. The van der Waals surface area contributed by atoms with E-state index in [4.69, 9.17) is 14.5 Å². The van der Waals surface area contributed by atoms with Crippen LogP contribution in [-0.4, -0.2) is 35.7 Å². The van der Waals surface area contributed by atoms with E-state index >= 15 is 0 Å². The minimum absolute atomic E-state index is 0.0626. The van der Waals surface area contributed by atoms with Gasteiger partial charge < -0.3 is 18.9 Å². The van der Waals surface area contributed by atoms with Gasteiger partial charge in [0.05, 0.1) is 24.8 Å². The Morgan fingerprint density at radius 1 is 0.939 bits per heavy atom. The molecule has 0 radical (unpaired) electrons. The number of amides is 1. The first-order valence-corrected chi connectivity index (χ1v) is 11.3. The number of carbonyl (C=O) groups is 1. The van der Waals surface area contributed by atoms with Gasteiger partial charge in [0.2, 0.25) is 5.91 Å². The fourth-order valence-corrected chi connectivity index (χ4v) is 4.46. The number of fused-ring (bicyclic) bond motifs is 1. The standard InChI is InChI=1S/C27H27N3O3/c1-32-22-12-14-23(15-13-22)33-17-7-16-29-25-11-6-5-10-24(25)28-27(29)20-18-26(31)30(19-20)21-8-3-2-4-9-21/h2-6,8-15,20H,7,16-19H2,1H3. The number of methoxy groups -OCH3 is 1. The summed E-state index contributed by atoms with van der Waals surface area (Å²) in [5.41, 5.74) is 3.01. The van der Waals surface area contributed by atoms with Crippen molar-refractivity contribution in [2.24, 2.45) is 0 Å². The number of carbonyl (C=O) groups excluding carboxylic acids is 1. The average Bonchev–Trinajstić information content (AvgIpc) is 3.43. The molecule has 6 nitrogen and oxygen atoms in total. The van der Waals surface area contributed by atoms with Crippen molar-refractivity contribution in [3.8, 4) is 11.5 Å². The summed E-state index contributed by atoms with van der Waals surface area (Å²) in [7, 11) is 1.65. The molecule has 1 atom stereocenters. The van der Waals surface area contributed by atoms with Gasteiger partial charge in [-0.15, -0.1) is 0 Å². The lowest BCUT2D eigenvalue weighted by atomic mass is 10.1. The van der Waals surface area contributed by atoms with Gasteiger partial charge in [0.25, 0.3) is 0 Å². The van der Waals surface area contributed by atoms with E-state index in [1.165, 1.54) is 0 Å². The van der Waals surface area contributed by atoms with Crippen molar-refractivity contribution < 1.29 is 14.3 Å².